The second-order valence-corrected chi connectivity index (χ2v) is 46.9. The lowest BCUT2D eigenvalue weighted by atomic mass is 9.77. The maximum atomic E-state index is 3.74. The van der Waals surface area contributed by atoms with Gasteiger partial charge in [-0.15, -0.1) is 0 Å². The average molecular weight is 1560 g/mol. The van der Waals surface area contributed by atoms with Crippen molar-refractivity contribution in [1.29, 1.82) is 0 Å². The Hall–Kier alpha value is 8.64. The van der Waals surface area contributed by atoms with E-state index in [0.29, 0.717) is 0 Å². The molecule has 0 rings (SSSR count). The van der Waals surface area contributed by atoms with Gasteiger partial charge in [0, 0.05) is 17.8 Å². The Morgan fingerprint density at radius 3 is 0.429 bits per heavy atom. The van der Waals surface area contributed by atoms with E-state index < -0.39 is 12.9 Å². The molecule has 0 amide bonds. The number of halogens is 18. The molecular weight excluding hydrogens is 1560 g/mol. The van der Waals surface area contributed by atoms with E-state index in [1.54, 1.807) is 0 Å². The minimum Gasteiger partial charge on any atom is -0.0595 e. The van der Waals surface area contributed by atoms with E-state index in [0.717, 1.165) is 0 Å². The zero-order valence-corrected chi connectivity index (χ0v) is 40.7. The van der Waals surface area contributed by atoms with Crippen LogP contribution < -0.4 is 0 Å². The summed E-state index contributed by atoms with van der Waals surface area (Å²) >= 11 is 67.4. The predicted molar refractivity (Wildman–Crippen MR) is 191 cm³/mol. The van der Waals surface area contributed by atoms with Crippen LogP contribution in [0.15, 0.2) is 0 Å². The predicted octanol–water partition coefficient (Wildman–Crippen LogP) is 14.5. The highest BCUT2D eigenvalue weighted by molar-refractivity contribution is 9.42. The van der Waals surface area contributed by atoms with Crippen molar-refractivity contribution in [3.05, 3.63) is 0 Å². The van der Waals surface area contributed by atoms with Crippen LogP contribution in [0.3, 0.4) is 0 Å². The van der Waals surface area contributed by atoms with E-state index in [9.17, 15) is 0 Å². The molecule has 0 atom stereocenters. The maximum absolute atomic E-state index is 3.74. The van der Waals surface area contributed by atoms with E-state index in [1.165, 1.54) is 0 Å². The lowest BCUT2D eigenvalue weighted by Crippen LogP contribution is -2.55. The fraction of sp³-hybridized carbons (Fsp3) is 1.00. The molecule has 28 heavy (non-hydrogen) atoms. The monoisotopic (exact) mass is 1540 g/mol. The molecule has 0 radical (unpaired) electrons. The Bertz CT molecular complexity index is 387. The first kappa shape index (κ1) is 36.6. The molecule has 0 aromatic carbocycles. The summed E-state index contributed by atoms with van der Waals surface area (Å²) in [5.74, 6) is -0.891. The second-order valence-electron chi connectivity index (χ2n) is 5.26. The Kier molecular flexibility index (Phi) is 17.4. The van der Waals surface area contributed by atoms with Crippen LogP contribution in [0.25, 0.3) is 0 Å². The lowest BCUT2D eigenvalue weighted by Gasteiger charge is -2.53. The van der Waals surface area contributed by atoms with Gasteiger partial charge in [0.05, 0.1) is 0 Å². The van der Waals surface area contributed by atoms with Gasteiger partial charge in [0.1, 0.15) is 12.9 Å². The third-order valence-corrected chi connectivity index (χ3v) is 12.1. The minimum atomic E-state index is -0.697. The summed E-state index contributed by atoms with van der Waals surface area (Å²) in [5.41, 5.74) is 0. The first-order valence-corrected chi connectivity index (χ1v) is 20.4. The summed E-state index contributed by atoms with van der Waals surface area (Å²) in [7, 11) is 0. The smallest absolute Gasteiger partial charge is 0.0595 e. The summed E-state index contributed by atoms with van der Waals surface area (Å²) in [6, 6.07) is 0. The summed E-state index contributed by atoms with van der Waals surface area (Å²) in [4.78, 5) is 0. The van der Waals surface area contributed by atoms with Crippen molar-refractivity contribution in [1.82, 2.24) is 0 Å². The second kappa shape index (κ2) is 13.3. The molecule has 0 aliphatic rings. The van der Waals surface area contributed by atoms with Gasteiger partial charge in [-0.2, -0.15) is 0 Å². The van der Waals surface area contributed by atoms with Gasteiger partial charge in [0.25, 0.3) is 0 Å². The number of rotatable bonds is 3. The SMILES string of the molecule is BrC(Br)(Br)C(C(C(C(Br)(Br)Br)C(Br)(Br)Br)C(C(Br)(Br)Br)C(Br)(Br)Br)C(Br)(Br)Br. The van der Waals surface area contributed by atoms with Gasteiger partial charge in [0.2, 0.25) is 0 Å². The molecule has 0 N–H and O–H groups in total. The summed E-state index contributed by atoms with van der Waals surface area (Å²) in [5, 5.41) is 0. The molecule has 0 unspecified atom stereocenters. The first-order chi connectivity index (χ1) is 11.7. The molecule has 0 fully saturated rings. The van der Waals surface area contributed by atoms with Crippen molar-refractivity contribution in [3.63, 3.8) is 0 Å². The minimum absolute atomic E-state index is 0.205. The average Bonchev–Trinajstić information content (AvgIpc) is 2.13. The normalized spacial score (nSPS) is 16.1. The standard InChI is InChI=1S/C10H4Br18/c11-5(12,13)2(6(14,15)16)1(3(7(17,18)19)8(20,21)22)4(9(23,24)25)10(26,27)28/h1-4H. The van der Waals surface area contributed by atoms with Crippen molar-refractivity contribution < 1.29 is 0 Å². The fourth-order valence-electron chi connectivity index (χ4n) is 2.44. The highest BCUT2D eigenvalue weighted by Crippen LogP contribution is 2.71. The van der Waals surface area contributed by atoms with Crippen LogP contribution in [0.5, 0.6) is 0 Å². The third-order valence-electron chi connectivity index (χ3n) is 3.27. The molecule has 0 saturated carbocycles. The zero-order valence-electron chi connectivity index (χ0n) is 12.1. The van der Waals surface area contributed by atoms with E-state index in [-0.39, 0.29) is 23.7 Å². The van der Waals surface area contributed by atoms with Gasteiger partial charge in [0.15, 0.2) is 0 Å². The molecule has 18 heteroatoms. The van der Waals surface area contributed by atoms with E-state index in [2.05, 4.69) is 287 Å². The Balaban J connectivity index is 7.30. The van der Waals surface area contributed by atoms with Crippen molar-refractivity contribution in [2.75, 3.05) is 0 Å². The van der Waals surface area contributed by atoms with Gasteiger partial charge in [-0.1, -0.05) is 287 Å². The van der Waals surface area contributed by atoms with Gasteiger partial charge in [-0.25, -0.2) is 0 Å². The Labute approximate surface area is 316 Å². The quantitative estimate of drug-likeness (QED) is 0.247. The summed E-state index contributed by atoms with van der Waals surface area (Å²) in [6.45, 7) is 0. The number of hydrogen-bond donors (Lipinski definition) is 0. The lowest BCUT2D eigenvalue weighted by molar-refractivity contribution is 0.189. The molecular formula is C10H4Br18. The van der Waals surface area contributed by atoms with Crippen LogP contribution in [0.4, 0.5) is 0 Å². The third kappa shape index (κ3) is 12.2. The highest BCUT2D eigenvalue weighted by Gasteiger charge is 2.64. The molecule has 0 aromatic rings. The van der Waals surface area contributed by atoms with Crippen LogP contribution in [0.2, 0.25) is 0 Å². The Morgan fingerprint density at radius 1 is 0.250 bits per heavy atom. The van der Waals surface area contributed by atoms with Gasteiger partial charge in [-0.05, 0) is 5.92 Å². The van der Waals surface area contributed by atoms with Crippen LogP contribution >= 0.6 is 287 Å². The molecule has 0 bridgehead atoms. The van der Waals surface area contributed by atoms with Gasteiger partial charge in [-0.3, -0.25) is 0 Å². The van der Waals surface area contributed by atoms with Crippen LogP contribution in [-0.4, -0.2) is 12.9 Å². The Morgan fingerprint density at radius 2 is 0.357 bits per heavy atom. The van der Waals surface area contributed by atoms with Gasteiger partial charge >= 0.3 is 0 Å². The first-order valence-electron chi connectivity index (χ1n) is 6.13. The zero-order chi connectivity index (χ0) is 23.3. The molecule has 0 aliphatic carbocycles. The number of hydrogen-bond acceptors (Lipinski definition) is 0. The van der Waals surface area contributed by atoms with Crippen molar-refractivity contribution in [3.8, 4) is 0 Å². The molecule has 0 saturated heterocycles. The number of alkyl halides is 18. The molecule has 0 aliphatic heterocycles. The van der Waals surface area contributed by atoms with E-state index in [1.807, 2.05) is 0 Å². The van der Waals surface area contributed by atoms with Crippen LogP contribution in [0.1, 0.15) is 0 Å². The van der Waals surface area contributed by atoms with Crippen LogP contribution in [-0.2, 0) is 0 Å². The molecule has 0 spiro atoms. The van der Waals surface area contributed by atoms with Gasteiger partial charge < -0.3 is 0 Å². The molecule has 170 valence electrons. The van der Waals surface area contributed by atoms with Crippen molar-refractivity contribution in [2.45, 2.75) is 12.9 Å². The molecule has 0 heterocycles. The molecule has 0 nitrogen and oxygen atoms in total. The van der Waals surface area contributed by atoms with Crippen molar-refractivity contribution in [2.24, 2.45) is 23.7 Å². The highest BCUT2D eigenvalue weighted by atomic mass is 80.0. The van der Waals surface area contributed by atoms with Crippen LogP contribution in [0, 0.1) is 23.7 Å². The van der Waals surface area contributed by atoms with Crippen molar-refractivity contribution >= 4 is 287 Å². The fourth-order valence-corrected chi connectivity index (χ4v) is 22.4. The largest absolute Gasteiger partial charge is 0.141 e. The molecule has 0 aromatic heterocycles. The summed E-state index contributed by atoms with van der Waals surface area (Å²) < 4.78 is -4.18. The maximum Gasteiger partial charge on any atom is 0.141 e. The topological polar surface area (TPSA) is 0 Å². The van der Waals surface area contributed by atoms with E-state index in [4.69, 9.17) is 0 Å². The summed E-state index contributed by atoms with van der Waals surface area (Å²) in [6.07, 6.45) is 0. The van der Waals surface area contributed by atoms with E-state index >= 15 is 0 Å².